The summed E-state index contributed by atoms with van der Waals surface area (Å²) in [6, 6.07) is 7.73. The summed E-state index contributed by atoms with van der Waals surface area (Å²) in [5.74, 6) is -0.241. The Balaban J connectivity index is 1.53. The molecule has 2 fully saturated rings. The number of imide groups is 1. The second-order valence-electron chi connectivity index (χ2n) is 7.02. The van der Waals surface area contributed by atoms with Gasteiger partial charge >= 0.3 is 6.03 Å². The van der Waals surface area contributed by atoms with Crippen molar-refractivity contribution < 1.29 is 14.4 Å². The zero-order valence-electron chi connectivity index (χ0n) is 15.3. The molecule has 3 rings (SSSR count). The van der Waals surface area contributed by atoms with E-state index in [1.165, 1.54) is 9.80 Å². The third-order valence-corrected chi connectivity index (χ3v) is 6.00. The van der Waals surface area contributed by atoms with E-state index in [1.54, 1.807) is 23.7 Å². The number of hydrogen-bond acceptors (Lipinski definition) is 4. The minimum absolute atomic E-state index is 0.0769. The molecular formula is C19H25N3O3S. The third kappa shape index (κ3) is 3.72. The normalized spacial score (nSPS) is 18.5. The molecule has 1 saturated heterocycles. The lowest BCUT2D eigenvalue weighted by Gasteiger charge is -2.21. The predicted molar refractivity (Wildman–Crippen MR) is 101 cm³/mol. The van der Waals surface area contributed by atoms with Crippen molar-refractivity contribution in [3.8, 4) is 0 Å². The molecule has 6 nitrogen and oxygen atoms in total. The Hall–Kier alpha value is -2.02. The molecule has 0 bridgehead atoms. The highest BCUT2D eigenvalue weighted by atomic mass is 32.2. The van der Waals surface area contributed by atoms with Crippen molar-refractivity contribution in [3.05, 3.63) is 29.8 Å². The number of hydrogen-bond donors (Lipinski definition) is 1. The predicted octanol–water partition coefficient (Wildman–Crippen LogP) is 2.62. The monoisotopic (exact) mass is 375 g/mol. The second-order valence-corrected chi connectivity index (χ2v) is 7.90. The molecule has 0 aromatic heterocycles. The van der Waals surface area contributed by atoms with Crippen LogP contribution in [0.5, 0.6) is 0 Å². The van der Waals surface area contributed by atoms with Gasteiger partial charge in [0.1, 0.15) is 5.54 Å². The first kappa shape index (κ1) is 18.8. The van der Waals surface area contributed by atoms with Crippen LogP contribution in [0.1, 0.15) is 37.7 Å². The fraction of sp³-hybridized carbons (Fsp3) is 0.526. The van der Waals surface area contributed by atoms with E-state index in [9.17, 15) is 14.4 Å². The van der Waals surface area contributed by atoms with Crippen LogP contribution in [0.15, 0.2) is 29.2 Å². The average molecular weight is 375 g/mol. The van der Waals surface area contributed by atoms with Crippen molar-refractivity contribution in [2.24, 2.45) is 0 Å². The van der Waals surface area contributed by atoms with E-state index >= 15 is 0 Å². The van der Waals surface area contributed by atoms with Crippen molar-refractivity contribution in [3.63, 3.8) is 0 Å². The zero-order valence-corrected chi connectivity index (χ0v) is 16.1. The van der Waals surface area contributed by atoms with Crippen molar-refractivity contribution in [1.29, 1.82) is 0 Å². The smallest absolute Gasteiger partial charge is 0.325 e. The molecule has 0 radical (unpaired) electrons. The van der Waals surface area contributed by atoms with Crippen LogP contribution in [-0.4, -0.2) is 53.0 Å². The number of amides is 4. The van der Waals surface area contributed by atoms with Crippen LogP contribution in [0.3, 0.4) is 0 Å². The summed E-state index contributed by atoms with van der Waals surface area (Å²) in [7, 11) is 1.75. The lowest BCUT2D eigenvalue weighted by Crippen LogP contribution is -2.44. The summed E-state index contributed by atoms with van der Waals surface area (Å²) in [5, 5.41) is 2.84. The van der Waals surface area contributed by atoms with Gasteiger partial charge in [0.2, 0.25) is 5.91 Å². The Kier molecular flexibility index (Phi) is 5.55. The molecule has 4 amide bonds. The number of nitrogens with one attached hydrogen (secondary N) is 1. The van der Waals surface area contributed by atoms with Crippen LogP contribution in [0.25, 0.3) is 0 Å². The molecule has 0 unspecified atom stereocenters. The van der Waals surface area contributed by atoms with Gasteiger partial charge in [-0.25, -0.2) is 4.79 Å². The molecule has 0 atom stereocenters. The van der Waals surface area contributed by atoms with E-state index in [2.05, 4.69) is 5.32 Å². The fourth-order valence-corrected chi connectivity index (χ4v) is 4.10. The van der Waals surface area contributed by atoms with E-state index in [0.29, 0.717) is 19.4 Å². The number of rotatable bonds is 6. The maximum absolute atomic E-state index is 12.6. The molecule has 1 aliphatic carbocycles. The molecular weight excluding hydrogens is 350 g/mol. The Morgan fingerprint density at radius 3 is 2.50 bits per heavy atom. The minimum Gasteiger partial charge on any atom is -0.341 e. The van der Waals surface area contributed by atoms with Crippen LogP contribution in [0.4, 0.5) is 4.79 Å². The minimum atomic E-state index is -0.703. The van der Waals surface area contributed by atoms with Crippen LogP contribution < -0.4 is 5.32 Å². The number of benzene rings is 1. The van der Waals surface area contributed by atoms with Crippen molar-refractivity contribution >= 4 is 29.6 Å². The Bertz CT molecular complexity index is 698. The molecule has 1 aromatic carbocycles. The highest BCUT2D eigenvalue weighted by Gasteiger charge is 2.52. The third-order valence-electron chi connectivity index (χ3n) is 5.26. The molecule has 1 saturated carbocycles. The van der Waals surface area contributed by atoms with Crippen molar-refractivity contribution in [2.75, 3.05) is 19.8 Å². The molecule has 1 spiro atoms. The van der Waals surface area contributed by atoms with Gasteiger partial charge in [-0.3, -0.25) is 14.5 Å². The van der Waals surface area contributed by atoms with E-state index in [1.807, 2.05) is 30.5 Å². The van der Waals surface area contributed by atoms with Gasteiger partial charge < -0.3 is 10.2 Å². The van der Waals surface area contributed by atoms with Gasteiger partial charge in [0.25, 0.3) is 5.91 Å². The molecule has 1 aliphatic heterocycles. The summed E-state index contributed by atoms with van der Waals surface area (Å²) in [6.07, 6.45) is 5.49. The summed E-state index contributed by atoms with van der Waals surface area (Å²) < 4.78 is 0. The molecule has 1 N–H and O–H groups in total. The first-order chi connectivity index (χ1) is 12.4. The molecule has 7 heteroatoms. The van der Waals surface area contributed by atoms with Gasteiger partial charge in [-0.1, -0.05) is 25.0 Å². The fourth-order valence-electron chi connectivity index (χ4n) is 3.69. The van der Waals surface area contributed by atoms with E-state index in [-0.39, 0.29) is 30.8 Å². The highest BCUT2D eigenvalue weighted by molar-refractivity contribution is 7.98. The van der Waals surface area contributed by atoms with Crippen LogP contribution in [0, 0.1) is 0 Å². The summed E-state index contributed by atoms with van der Waals surface area (Å²) in [5.41, 5.74) is 0.351. The van der Waals surface area contributed by atoms with Gasteiger partial charge in [0.05, 0.1) is 0 Å². The molecule has 26 heavy (non-hydrogen) atoms. The van der Waals surface area contributed by atoms with E-state index < -0.39 is 5.54 Å². The average Bonchev–Trinajstić information content (AvgIpc) is 3.19. The summed E-state index contributed by atoms with van der Waals surface area (Å²) in [6.45, 7) is 0.651. The lowest BCUT2D eigenvalue weighted by atomic mass is 9.98. The first-order valence-corrected chi connectivity index (χ1v) is 10.2. The first-order valence-electron chi connectivity index (χ1n) is 8.96. The van der Waals surface area contributed by atoms with Crippen LogP contribution in [0.2, 0.25) is 0 Å². The lowest BCUT2D eigenvalue weighted by molar-refractivity contribution is -0.133. The zero-order chi connectivity index (χ0) is 18.7. The Morgan fingerprint density at radius 1 is 1.23 bits per heavy atom. The molecule has 140 valence electrons. The molecule has 1 aromatic rings. The van der Waals surface area contributed by atoms with Gasteiger partial charge in [-0.2, -0.15) is 0 Å². The summed E-state index contributed by atoms with van der Waals surface area (Å²) >= 11 is 1.68. The number of nitrogens with zero attached hydrogens (tertiary/aromatic N) is 2. The largest absolute Gasteiger partial charge is 0.341 e. The number of carbonyl (C=O) groups is 3. The van der Waals surface area contributed by atoms with Crippen molar-refractivity contribution in [1.82, 2.24) is 15.1 Å². The van der Waals surface area contributed by atoms with Gasteiger partial charge in [0, 0.05) is 31.5 Å². The number of urea groups is 1. The maximum atomic E-state index is 12.6. The van der Waals surface area contributed by atoms with Gasteiger partial charge in [0.15, 0.2) is 0 Å². The van der Waals surface area contributed by atoms with Crippen LogP contribution in [-0.2, 0) is 16.1 Å². The van der Waals surface area contributed by atoms with Crippen molar-refractivity contribution in [2.45, 2.75) is 49.1 Å². The Labute approximate surface area is 158 Å². The van der Waals surface area contributed by atoms with Gasteiger partial charge in [-0.05, 0) is 36.8 Å². The number of thioether (sulfide) groups is 1. The SMILES string of the molecule is CSc1ccc(CN(C)C(=O)CCN2C(=O)NC3(CCCC3)C2=O)cc1. The summed E-state index contributed by atoms with van der Waals surface area (Å²) in [4.78, 5) is 41.2. The Morgan fingerprint density at radius 2 is 1.88 bits per heavy atom. The second kappa shape index (κ2) is 7.70. The van der Waals surface area contributed by atoms with E-state index in [4.69, 9.17) is 0 Å². The van der Waals surface area contributed by atoms with E-state index in [0.717, 1.165) is 18.4 Å². The molecule has 1 heterocycles. The highest BCUT2D eigenvalue weighted by Crippen LogP contribution is 2.35. The van der Waals surface area contributed by atoms with Gasteiger partial charge in [-0.15, -0.1) is 11.8 Å². The quantitative estimate of drug-likeness (QED) is 0.613. The maximum Gasteiger partial charge on any atom is 0.325 e. The molecule has 2 aliphatic rings. The standard InChI is InChI=1S/C19H25N3O3S/c1-21(13-14-5-7-15(26-2)8-6-14)16(23)9-12-22-17(24)19(20-18(22)25)10-3-4-11-19/h5-8H,3-4,9-13H2,1-2H3,(H,20,25). The topological polar surface area (TPSA) is 69.7 Å². The van der Waals surface area contributed by atoms with Crippen LogP contribution >= 0.6 is 11.8 Å². The number of carbonyl (C=O) groups excluding carboxylic acids is 3.